The van der Waals surface area contributed by atoms with E-state index in [0.29, 0.717) is 12.6 Å². The molecule has 1 aliphatic carbocycles. The molecule has 1 aromatic carbocycles. The van der Waals surface area contributed by atoms with E-state index in [-0.39, 0.29) is 5.92 Å². The lowest BCUT2D eigenvalue weighted by Gasteiger charge is -2.30. The van der Waals surface area contributed by atoms with Gasteiger partial charge in [0.2, 0.25) is 5.91 Å². The molecule has 0 atom stereocenters. The van der Waals surface area contributed by atoms with Crippen LogP contribution in [0.2, 0.25) is 0 Å². The Kier molecular flexibility index (Phi) is 4.09. The fourth-order valence-corrected chi connectivity index (χ4v) is 5.83. The number of hydrogen-bond donors (Lipinski definition) is 0. The third kappa shape index (κ3) is 2.89. The van der Waals surface area contributed by atoms with E-state index >= 15 is 0 Å². The van der Waals surface area contributed by atoms with Crippen LogP contribution in [0.25, 0.3) is 11.4 Å². The van der Waals surface area contributed by atoms with Gasteiger partial charge in [0.1, 0.15) is 23.7 Å². The van der Waals surface area contributed by atoms with Gasteiger partial charge >= 0.3 is 0 Å². The Morgan fingerprint density at radius 2 is 2.10 bits per heavy atom. The molecular formula is C22H23N5O2S. The molecule has 7 nitrogen and oxygen atoms in total. The summed E-state index contributed by atoms with van der Waals surface area (Å²) in [6, 6.07) is 8.22. The number of rotatable bonds is 4. The number of carbonyl (C=O) groups excluding carboxylic acids is 1. The zero-order valence-corrected chi connectivity index (χ0v) is 17.7. The quantitative estimate of drug-likeness (QED) is 0.647. The van der Waals surface area contributed by atoms with Crippen LogP contribution in [0.3, 0.4) is 0 Å². The first-order valence-electron chi connectivity index (χ1n) is 10.4. The Morgan fingerprint density at radius 3 is 2.87 bits per heavy atom. The number of ether oxygens (including phenoxy) is 1. The molecule has 1 fully saturated rings. The third-order valence-corrected chi connectivity index (χ3v) is 7.52. The first kappa shape index (κ1) is 17.9. The summed E-state index contributed by atoms with van der Waals surface area (Å²) in [6.07, 6.45) is 4.65. The highest BCUT2D eigenvalue weighted by atomic mass is 32.1. The van der Waals surface area contributed by atoms with Gasteiger partial charge in [0.25, 0.3) is 0 Å². The van der Waals surface area contributed by atoms with E-state index in [1.165, 1.54) is 26.6 Å². The maximum absolute atomic E-state index is 12.6. The summed E-state index contributed by atoms with van der Waals surface area (Å²) in [5.74, 6) is 2.43. The van der Waals surface area contributed by atoms with Crippen LogP contribution in [0.4, 0.5) is 5.00 Å². The van der Waals surface area contributed by atoms with Crippen molar-refractivity contribution in [2.45, 2.75) is 39.0 Å². The zero-order valence-electron chi connectivity index (χ0n) is 16.9. The second kappa shape index (κ2) is 6.84. The Morgan fingerprint density at radius 1 is 1.27 bits per heavy atom. The predicted molar refractivity (Wildman–Crippen MR) is 114 cm³/mol. The number of anilines is 1. The van der Waals surface area contributed by atoms with Gasteiger partial charge in [-0.3, -0.25) is 4.79 Å². The molecule has 0 spiro atoms. The Bertz CT molecular complexity index is 1120. The summed E-state index contributed by atoms with van der Waals surface area (Å²) in [5, 5.41) is 5.71. The van der Waals surface area contributed by atoms with E-state index < -0.39 is 0 Å². The van der Waals surface area contributed by atoms with Crippen LogP contribution in [0.1, 0.15) is 28.8 Å². The lowest BCUT2D eigenvalue weighted by atomic mass is 10.0. The summed E-state index contributed by atoms with van der Waals surface area (Å²) in [4.78, 5) is 22.9. The van der Waals surface area contributed by atoms with E-state index in [2.05, 4.69) is 32.0 Å². The van der Waals surface area contributed by atoms with Gasteiger partial charge in [0, 0.05) is 23.9 Å². The smallest absolute Gasteiger partial charge is 0.226 e. The monoisotopic (exact) mass is 421 g/mol. The molecule has 0 unspecified atom stereocenters. The number of aromatic nitrogens is 3. The van der Waals surface area contributed by atoms with Crippen LogP contribution in [0.15, 0.2) is 30.6 Å². The molecule has 0 radical (unpaired) electrons. The second-order valence-corrected chi connectivity index (χ2v) is 9.32. The number of methoxy groups -OCH3 is 1. The van der Waals surface area contributed by atoms with Gasteiger partial charge in [-0.15, -0.1) is 11.3 Å². The van der Waals surface area contributed by atoms with Crippen molar-refractivity contribution >= 4 is 22.2 Å². The molecule has 1 amide bonds. The first-order valence-corrected chi connectivity index (χ1v) is 11.2. The van der Waals surface area contributed by atoms with Gasteiger partial charge < -0.3 is 14.5 Å². The van der Waals surface area contributed by atoms with Crippen LogP contribution in [-0.4, -0.2) is 39.2 Å². The minimum Gasteiger partial charge on any atom is -0.497 e. The lowest BCUT2D eigenvalue weighted by Crippen LogP contribution is -2.36. The largest absolute Gasteiger partial charge is 0.497 e. The number of hydrogen-bond acceptors (Lipinski definition) is 6. The van der Waals surface area contributed by atoms with Crippen LogP contribution in [0, 0.1) is 5.92 Å². The molecular weight excluding hydrogens is 398 g/mol. The van der Waals surface area contributed by atoms with Crippen LogP contribution < -0.4 is 9.64 Å². The number of fused-ring (bicyclic) bond motifs is 5. The molecule has 2 aromatic heterocycles. The highest BCUT2D eigenvalue weighted by Gasteiger charge is 2.38. The number of thiophene rings is 1. The van der Waals surface area contributed by atoms with Crippen LogP contribution in [0.5, 0.6) is 5.75 Å². The van der Waals surface area contributed by atoms with Gasteiger partial charge in [-0.1, -0.05) is 12.1 Å². The summed E-state index contributed by atoms with van der Waals surface area (Å²) in [6.45, 7) is 3.00. The van der Waals surface area contributed by atoms with E-state index in [9.17, 15) is 4.79 Å². The van der Waals surface area contributed by atoms with Crippen molar-refractivity contribution in [2.75, 3.05) is 18.6 Å². The summed E-state index contributed by atoms with van der Waals surface area (Å²) >= 11 is 1.82. The lowest BCUT2D eigenvalue weighted by molar-refractivity contribution is -0.133. The first-order chi connectivity index (χ1) is 14.7. The van der Waals surface area contributed by atoms with Crippen molar-refractivity contribution in [3.8, 4) is 17.1 Å². The summed E-state index contributed by atoms with van der Waals surface area (Å²) in [5.41, 5.74) is 3.79. The fraction of sp³-hybridized carbons (Fsp3) is 0.409. The van der Waals surface area contributed by atoms with Crippen molar-refractivity contribution < 1.29 is 9.53 Å². The molecule has 6 rings (SSSR count). The van der Waals surface area contributed by atoms with E-state index in [1.54, 1.807) is 13.4 Å². The van der Waals surface area contributed by atoms with Crippen LogP contribution in [-0.2, 0) is 31.0 Å². The Balaban J connectivity index is 1.35. The molecule has 3 aromatic rings. The molecule has 30 heavy (non-hydrogen) atoms. The highest BCUT2D eigenvalue weighted by Crippen LogP contribution is 2.48. The topological polar surface area (TPSA) is 63.5 Å². The Labute approximate surface area is 178 Å². The predicted octanol–water partition coefficient (Wildman–Crippen LogP) is 3.29. The van der Waals surface area contributed by atoms with Gasteiger partial charge in [-0.2, -0.15) is 5.10 Å². The summed E-state index contributed by atoms with van der Waals surface area (Å²) < 4.78 is 7.28. The molecule has 0 N–H and O–H groups in total. The highest BCUT2D eigenvalue weighted by molar-refractivity contribution is 7.17. The van der Waals surface area contributed by atoms with Crippen molar-refractivity contribution in [1.29, 1.82) is 0 Å². The third-order valence-electron chi connectivity index (χ3n) is 6.24. The summed E-state index contributed by atoms with van der Waals surface area (Å²) in [7, 11) is 1.69. The van der Waals surface area contributed by atoms with Crippen molar-refractivity contribution in [2.24, 2.45) is 5.92 Å². The second-order valence-electron chi connectivity index (χ2n) is 8.24. The number of nitrogens with zero attached hydrogens (tertiary/aromatic N) is 5. The average Bonchev–Trinajstić information content (AvgIpc) is 3.40. The van der Waals surface area contributed by atoms with Crippen molar-refractivity contribution in [3.63, 3.8) is 0 Å². The number of benzene rings is 1. The zero-order chi connectivity index (χ0) is 20.2. The van der Waals surface area contributed by atoms with Crippen molar-refractivity contribution in [3.05, 3.63) is 46.6 Å². The van der Waals surface area contributed by atoms with Crippen molar-refractivity contribution in [1.82, 2.24) is 19.7 Å². The fourth-order valence-electron chi connectivity index (χ4n) is 4.48. The minimum atomic E-state index is 0.274. The van der Waals surface area contributed by atoms with E-state index in [1.807, 2.05) is 28.2 Å². The van der Waals surface area contributed by atoms with Gasteiger partial charge in [-0.25, -0.2) is 9.67 Å². The van der Waals surface area contributed by atoms with Gasteiger partial charge in [0.05, 0.1) is 19.2 Å². The minimum absolute atomic E-state index is 0.274. The van der Waals surface area contributed by atoms with E-state index in [4.69, 9.17) is 4.74 Å². The maximum atomic E-state index is 12.6. The molecule has 1 saturated carbocycles. The van der Waals surface area contributed by atoms with Crippen LogP contribution >= 0.6 is 11.3 Å². The number of carbonyl (C=O) groups is 1. The standard InChI is InChI=1S/C22H23N5O2S/c1-29-16-6-2-14(3-7-16)10-26-13-27-20(23-12-24-27)19-17-8-9-25(21(28)15-4-5-15)11-18(17)30-22(19)26/h2-3,6-7,12,15H,4-5,8-11,13H2,1H3. The van der Waals surface area contributed by atoms with Gasteiger partial charge in [-0.05, 0) is 42.5 Å². The molecule has 2 aliphatic heterocycles. The molecule has 8 heteroatoms. The molecule has 3 aliphatic rings. The molecule has 4 heterocycles. The SMILES string of the molecule is COc1ccc(CN2Cn3ncnc3-c3c2sc2c3CCN(C(=O)C3CC3)C2)cc1. The molecule has 154 valence electrons. The Hall–Kier alpha value is -2.87. The maximum Gasteiger partial charge on any atom is 0.226 e. The molecule has 0 saturated heterocycles. The molecule has 0 bridgehead atoms. The van der Waals surface area contributed by atoms with Gasteiger partial charge in [0.15, 0.2) is 5.82 Å². The normalized spacial score (nSPS) is 17.4. The number of amides is 1. The van der Waals surface area contributed by atoms with E-state index in [0.717, 1.165) is 50.5 Å². The average molecular weight is 422 g/mol.